The van der Waals surface area contributed by atoms with Crippen molar-refractivity contribution in [2.24, 2.45) is 0 Å². The van der Waals surface area contributed by atoms with Gasteiger partial charge in [-0.15, -0.1) is 12.4 Å². The number of aryl methyl sites for hydroxylation is 3. The summed E-state index contributed by atoms with van der Waals surface area (Å²) in [4.78, 5) is 4.35. The highest BCUT2D eigenvalue weighted by Gasteiger charge is 2.02. The molecule has 2 rings (SSSR count). The molecule has 1 aromatic carbocycles. The fourth-order valence-electron chi connectivity index (χ4n) is 1.57. The monoisotopic (exact) mass is 210 g/mol. The van der Waals surface area contributed by atoms with E-state index in [0.717, 1.165) is 12.1 Å². The van der Waals surface area contributed by atoms with E-state index in [2.05, 4.69) is 42.5 Å². The molecule has 0 saturated carbocycles. The van der Waals surface area contributed by atoms with Gasteiger partial charge in [-0.25, -0.2) is 4.98 Å². The number of halogens is 1. The minimum absolute atomic E-state index is 0. The normalized spacial score (nSPS) is 10.2. The highest BCUT2D eigenvalue weighted by Crippen LogP contribution is 2.17. The molecule has 0 aliphatic carbocycles. The van der Waals surface area contributed by atoms with Crippen molar-refractivity contribution in [3.05, 3.63) is 29.6 Å². The molecule has 0 aliphatic rings. The van der Waals surface area contributed by atoms with Gasteiger partial charge in [-0.2, -0.15) is 0 Å². The summed E-state index contributed by atoms with van der Waals surface area (Å²) >= 11 is 0. The van der Waals surface area contributed by atoms with Crippen molar-refractivity contribution in [3.8, 4) is 0 Å². The van der Waals surface area contributed by atoms with Crippen molar-refractivity contribution < 1.29 is 0 Å². The summed E-state index contributed by atoms with van der Waals surface area (Å²) in [6, 6.07) is 4.36. The Hall–Kier alpha value is -1.02. The van der Waals surface area contributed by atoms with Crippen LogP contribution >= 0.6 is 12.4 Å². The molecule has 76 valence electrons. The van der Waals surface area contributed by atoms with E-state index < -0.39 is 0 Å². The van der Waals surface area contributed by atoms with Crippen LogP contribution in [0.15, 0.2) is 18.5 Å². The Morgan fingerprint density at radius 3 is 2.50 bits per heavy atom. The first kappa shape index (κ1) is 11.1. The first-order valence-corrected chi connectivity index (χ1v) is 4.64. The third-order valence-electron chi connectivity index (χ3n) is 2.58. The topological polar surface area (TPSA) is 17.8 Å². The molecule has 0 atom stereocenters. The Balaban J connectivity index is 0.000000980. The van der Waals surface area contributed by atoms with Gasteiger partial charge in [0.1, 0.15) is 0 Å². The number of imidazole rings is 1. The molecule has 3 heteroatoms. The third-order valence-corrected chi connectivity index (χ3v) is 2.58. The maximum absolute atomic E-state index is 4.35. The zero-order valence-corrected chi connectivity index (χ0v) is 9.56. The van der Waals surface area contributed by atoms with Crippen molar-refractivity contribution in [2.75, 3.05) is 0 Å². The number of rotatable bonds is 1. The maximum atomic E-state index is 4.35. The van der Waals surface area contributed by atoms with Gasteiger partial charge in [0, 0.05) is 6.54 Å². The second kappa shape index (κ2) is 4.01. The Morgan fingerprint density at radius 2 is 1.86 bits per heavy atom. The summed E-state index contributed by atoms with van der Waals surface area (Å²) in [6.07, 6.45) is 1.91. The molecular formula is C11H15ClN2. The fourth-order valence-corrected chi connectivity index (χ4v) is 1.57. The lowest BCUT2D eigenvalue weighted by atomic mass is 10.1. The van der Waals surface area contributed by atoms with E-state index in [1.165, 1.54) is 16.6 Å². The minimum Gasteiger partial charge on any atom is -0.331 e. The summed E-state index contributed by atoms with van der Waals surface area (Å²) in [5, 5.41) is 0. The van der Waals surface area contributed by atoms with E-state index in [4.69, 9.17) is 0 Å². The molecule has 2 nitrogen and oxygen atoms in total. The molecule has 0 amide bonds. The average Bonchev–Trinajstić information content (AvgIpc) is 2.48. The zero-order valence-electron chi connectivity index (χ0n) is 8.74. The van der Waals surface area contributed by atoms with Crippen molar-refractivity contribution in [2.45, 2.75) is 27.3 Å². The molecule has 1 heterocycles. The fraction of sp³-hybridized carbons (Fsp3) is 0.364. The molecule has 0 saturated heterocycles. The first-order valence-electron chi connectivity index (χ1n) is 4.64. The molecule has 0 aliphatic heterocycles. The number of nitrogens with zero attached hydrogens (tertiary/aromatic N) is 2. The Bertz CT molecular complexity index is 446. The lowest BCUT2D eigenvalue weighted by Gasteiger charge is -2.02. The molecule has 0 fully saturated rings. The summed E-state index contributed by atoms with van der Waals surface area (Å²) in [5.41, 5.74) is 4.99. The molecule has 0 spiro atoms. The number of benzene rings is 1. The SMILES string of the molecule is CCn1cnc2cc(C)c(C)cc21.Cl. The molecule has 0 radical (unpaired) electrons. The van der Waals surface area contributed by atoms with Crippen LogP contribution in [-0.2, 0) is 6.54 Å². The van der Waals surface area contributed by atoms with E-state index in [1.54, 1.807) is 0 Å². The number of aromatic nitrogens is 2. The highest BCUT2D eigenvalue weighted by molar-refractivity contribution is 5.85. The quantitative estimate of drug-likeness (QED) is 0.708. The maximum Gasteiger partial charge on any atom is 0.0958 e. The van der Waals surface area contributed by atoms with Crippen LogP contribution in [-0.4, -0.2) is 9.55 Å². The number of hydrogen-bond donors (Lipinski definition) is 0. The summed E-state index contributed by atoms with van der Waals surface area (Å²) in [5.74, 6) is 0. The molecule has 0 unspecified atom stereocenters. The van der Waals surface area contributed by atoms with E-state index in [-0.39, 0.29) is 12.4 Å². The summed E-state index contributed by atoms with van der Waals surface area (Å²) in [7, 11) is 0. The first-order chi connectivity index (χ1) is 6.22. The third kappa shape index (κ3) is 1.62. The largest absolute Gasteiger partial charge is 0.331 e. The molecule has 1 aromatic heterocycles. The van der Waals surface area contributed by atoms with E-state index in [0.29, 0.717) is 0 Å². The van der Waals surface area contributed by atoms with Crippen LogP contribution in [0.1, 0.15) is 18.1 Å². The van der Waals surface area contributed by atoms with Gasteiger partial charge < -0.3 is 4.57 Å². The predicted octanol–water partition coefficient (Wildman–Crippen LogP) is 3.09. The van der Waals surface area contributed by atoms with Crippen molar-refractivity contribution in [3.63, 3.8) is 0 Å². The average molecular weight is 211 g/mol. The van der Waals surface area contributed by atoms with E-state index in [1.807, 2.05) is 6.33 Å². The molecule has 0 bridgehead atoms. The van der Waals surface area contributed by atoms with Crippen molar-refractivity contribution >= 4 is 23.4 Å². The molecular weight excluding hydrogens is 196 g/mol. The standard InChI is InChI=1S/C11H14N2.ClH/c1-4-13-7-12-10-5-8(2)9(3)6-11(10)13;/h5-7H,4H2,1-3H3;1H. The van der Waals surface area contributed by atoms with Gasteiger partial charge >= 0.3 is 0 Å². The van der Waals surface area contributed by atoms with Crippen molar-refractivity contribution in [1.29, 1.82) is 0 Å². The van der Waals surface area contributed by atoms with Gasteiger partial charge in [0.2, 0.25) is 0 Å². The summed E-state index contributed by atoms with van der Waals surface area (Å²) in [6.45, 7) is 7.39. The highest BCUT2D eigenvalue weighted by atomic mass is 35.5. The van der Waals surface area contributed by atoms with Crippen LogP contribution in [0, 0.1) is 13.8 Å². The van der Waals surface area contributed by atoms with Gasteiger partial charge in [-0.1, -0.05) is 0 Å². The van der Waals surface area contributed by atoms with Gasteiger partial charge in [0.05, 0.1) is 17.4 Å². The van der Waals surface area contributed by atoms with Crippen LogP contribution in [0.4, 0.5) is 0 Å². The Labute approximate surface area is 90.4 Å². The lowest BCUT2D eigenvalue weighted by Crippen LogP contribution is -1.91. The van der Waals surface area contributed by atoms with Gasteiger partial charge in [-0.05, 0) is 44.0 Å². The molecule has 14 heavy (non-hydrogen) atoms. The predicted molar refractivity (Wildman–Crippen MR) is 62.1 cm³/mol. The Morgan fingerprint density at radius 1 is 1.21 bits per heavy atom. The van der Waals surface area contributed by atoms with Crippen LogP contribution < -0.4 is 0 Å². The number of fused-ring (bicyclic) bond motifs is 1. The zero-order chi connectivity index (χ0) is 9.42. The summed E-state index contributed by atoms with van der Waals surface area (Å²) < 4.78 is 2.17. The van der Waals surface area contributed by atoms with E-state index >= 15 is 0 Å². The van der Waals surface area contributed by atoms with Gasteiger partial charge in [0.25, 0.3) is 0 Å². The molecule has 2 aromatic rings. The van der Waals surface area contributed by atoms with Gasteiger partial charge in [-0.3, -0.25) is 0 Å². The van der Waals surface area contributed by atoms with Crippen LogP contribution in [0.3, 0.4) is 0 Å². The minimum atomic E-state index is 0. The lowest BCUT2D eigenvalue weighted by molar-refractivity contribution is 0.787. The molecule has 0 N–H and O–H groups in total. The van der Waals surface area contributed by atoms with E-state index in [9.17, 15) is 0 Å². The van der Waals surface area contributed by atoms with Crippen LogP contribution in [0.2, 0.25) is 0 Å². The van der Waals surface area contributed by atoms with Crippen LogP contribution in [0.25, 0.3) is 11.0 Å². The van der Waals surface area contributed by atoms with Crippen LogP contribution in [0.5, 0.6) is 0 Å². The smallest absolute Gasteiger partial charge is 0.0958 e. The number of hydrogen-bond acceptors (Lipinski definition) is 1. The van der Waals surface area contributed by atoms with Crippen molar-refractivity contribution in [1.82, 2.24) is 9.55 Å². The van der Waals surface area contributed by atoms with Gasteiger partial charge in [0.15, 0.2) is 0 Å². The Kier molecular flexibility index (Phi) is 3.17. The second-order valence-corrected chi connectivity index (χ2v) is 3.46. The second-order valence-electron chi connectivity index (χ2n) is 3.46.